The van der Waals surface area contributed by atoms with Gasteiger partial charge in [0.05, 0.1) is 6.61 Å². The van der Waals surface area contributed by atoms with Crippen molar-refractivity contribution in [2.24, 2.45) is 0 Å². The molecule has 0 atom stereocenters. The van der Waals surface area contributed by atoms with Gasteiger partial charge in [0.25, 0.3) is 5.91 Å². The minimum absolute atomic E-state index is 0.196. The molecule has 0 spiro atoms. The molecule has 0 saturated heterocycles. The molecule has 0 fully saturated rings. The van der Waals surface area contributed by atoms with Crippen LogP contribution in [0.4, 0.5) is 5.69 Å². The molecule has 0 unspecified atom stereocenters. The van der Waals surface area contributed by atoms with Gasteiger partial charge in [0.15, 0.2) is 5.11 Å². The summed E-state index contributed by atoms with van der Waals surface area (Å²) in [5, 5.41) is 3.31. The molecule has 1 heterocycles. The van der Waals surface area contributed by atoms with Crippen LogP contribution in [0.3, 0.4) is 0 Å². The van der Waals surface area contributed by atoms with Crippen LogP contribution in [0.15, 0.2) is 48.5 Å². The second-order valence-corrected chi connectivity index (χ2v) is 6.76. The molecule has 0 aliphatic carbocycles. The Hall–Kier alpha value is -2.40. The maximum absolute atomic E-state index is 12.5. The van der Waals surface area contributed by atoms with Gasteiger partial charge in [-0.05, 0) is 67.4 Å². The first-order valence-electron chi connectivity index (χ1n) is 9.12. The van der Waals surface area contributed by atoms with E-state index in [-0.39, 0.29) is 5.91 Å². The van der Waals surface area contributed by atoms with Gasteiger partial charge in [-0.3, -0.25) is 10.1 Å². The number of ether oxygens (including phenoxy) is 1. The topological polar surface area (TPSA) is 41.6 Å². The van der Waals surface area contributed by atoms with E-state index in [1.54, 1.807) is 12.1 Å². The summed E-state index contributed by atoms with van der Waals surface area (Å²) in [6.45, 7) is 3.64. The number of amides is 1. The number of carbonyl (C=O) groups excluding carboxylic acids is 1. The van der Waals surface area contributed by atoms with Gasteiger partial charge in [0.2, 0.25) is 0 Å². The van der Waals surface area contributed by atoms with Crippen molar-refractivity contribution in [3.05, 3.63) is 59.7 Å². The molecule has 0 aromatic heterocycles. The number of hydrogen-bond acceptors (Lipinski definition) is 3. The van der Waals surface area contributed by atoms with Crippen LogP contribution in [0.2, 0.25) is 0 Å². The minimum atomic E-state index is -0.196. The van der Waals surface area contributed by atoms with Crippen molar-refractivity contribution < 1.29 is 9.53 Å². The van der Waals surface area contributed by atoms with Gasteiger partial charge in [-0.1, -0.05) is 31.5 Å². The molecule has 2 aromatic rings. The zero-order chi connectivity index (χ0) is 18.4. The van der Waals surface area contributed by atoms with Gasteiger partial charge >= 0.3 is 0 Å². The van der Waals surface area contributed by atoms with Crippen molar-refractivity contribution in [1.82, 2.24) is 5.32 Å². The number of para-hydroxylation sites is 1. The molecule has 0 saturated carbocycles. The normalized spacial score (nSPS) is 13.0. The number of benzene rings is 2. The van der Waals surface area contributed by atoms with Crippen molar-refractivity contribution in [2.45, 2.75) is 32.6 Å². The minimum Gasteiger partial charge on any atom is -0.494 e. The Morgan fingerprint density at radius 2 is 1.96 bits per heavy atom. The molecule has 1 amide bonds. The van der Waals surface area contributed by atoms with E-state index in [4.69, 9.17) is 17.0 Å². The largest absolute Gasteiger partial charge is 0.494 e. The number of thiocarbonyl (C=S) groups is 1. The lowest BCUT2D eigenvalue weighted by Gasteiger charge is -2.31. The fourth-order valence-corrected chi connectivity index (χ4v) is 3.30. The zero-order valence-electron chi connectivity index (χ0n) is 15.0. The van der Waals surface area contributed by atoms with Gasteiger partial charge in [-0.25, -0.2) is 0 Å². The molecular weight excluding hydrogens is 344 g/mol. The summed E-state index contributed by atoms with van der Waals surface area (Å²) in [4.78, 5) is 14.5. The highest BCUT2D eigenvalue weighted by molar-refractivity contribution is 7.80. The van der Waals surface area contributed by atoms with Crippen LogP contribution in [-0.2, 0) is 6.42 Å². The molecule has 1 aliphatic rings. The maximum atomic E-state index is 12.5. The monoisotopic (exact) mass is 368 g/mol. The lowest BCUT2D eigenvalue weighted by molar-refractivity contribution is 0.0977. The molecule has 1 aliphatic heterocycles. The number of anilines is 1. The molecule has 0 bridgehead atoms. The Morgan fingerprint density at radius 3 is 2.73 bits per heavy atom. The molecule has 136 valence electrons. The molecule has 5 heteroatoms. The Morgan fingerprint density at radius 1 is 1.19 bits per heavy atom. The number of fused-ring (bicyclic) bond motifs is 1. The molecule has 1 N–H and O–H groups in total. The fraction of sp³-hybridized carbons (Fsp3) is 0.333. The van der Waals surface area contributed by atoms with E-state index in [1.165, 1.54) is 5.56 Å². The highest BCUT2D eigenvalue weighted by Gasteiger charge is 2.21. The van der Waals surface area contributed by atoms with Crippen LogP contribution in [0.25, 0.3) is 0 Å². The number of hydrogen-bond donors (Lipinski definition) is 1. The Bertz CT molecular complexity index is 774. The van der Waals surface area contributed by atoms with Gasteiger partial charge in [-0.15, -0.1) is 0 Å². The van der Waals surface area contributed by atoms with Gasteiger partial charge in [0.1, 0.15) is 5.75 Å². The lowest BCUT2D eigenvalue weighted by atomic mass is 10.0. The molecule has 0 radical (unpaired) electrons. The number of unbranched alkanes of at least 4 members (excludes halogenated alkanes) is 1. The standard InChI is InChI=1S/C21H24N2O2S/c1-2-3-15-25-18-12-10-17(11-13-18)20(24)22-21(26)23-14-6-8-16-7-4-5-9-19(16)23/h4-5,7,9-13H,2-3,6,8,14-15H2,1H3,(H,22,24,26). The summed E-state index contributed by atoms with van der Waals surface area (Å²) in [6.07, 6.45) is 4.19. The molecule has 26 heavy (non-hydrogen) atoms. The van der Waals surface area contributed by atoms with Crippen molar-refractivity contribution in [3.63, 3.8) is 0 Å². The van der Waals surface area contributed by atoms with Gasteiger partial charge in [0, 0.05) is 17.8 Å². The first-order valence-corrected chi connectivity index (χ1v) is 9.53. The predicted octanol–water partition coefficient (Wildman–Crippen LogP) is 4.33. The number of nitrogens with one attached hydrogen (secondary N) is 1. The smallest absolute Gasteiger partial charge is 0.257 e. The molecule has 3 rings (SSSR count). The summed E-state index contributed by atoms with van der Waals surface area (Å²) in [5.74, 6) is 0.584. The second kappa shape index (κ2) is 8.81. The Kier molecular flexibility index (Phi) is 6.23. The van der Waals surface area contributed by atoms with Crippen LogP contribution in [0.5, 0.6) is 5.75 Å². The number of rotatable bonds is 5. The van der Waals surface area contributed by atoms with Crippen molar-refractivity contribution >= 4 is 28.9 Å². The SMILES string of the molecule is CCCCOc1ccc(C(=O)NC(=S)N2CCCc3ccccc32)cc1. The van der Waals surface area contributed by atoms with E-state index in [0.29, 0.717) is 17.3 Å². The average molecular weight is 369 g/mol. The second-order valence-electron chi connectivity index (χ2n) is 6.37. The molecule has 4 nitrogen and oxygen atoms in total. The fourth-order valence-electron chi connectivity index (χ4n) is 3.02. The third-order valence-electron chi connectivity index (χ3n) is 4.46. The quantitative estimate of drug-likeness (QED) is 0.630. The Labute approximate surface area is 160 Å². The highest BCUT2D eigenvalue weighted by Crippen LogP contribution is 2.26. The summed E-state index contributed by atoms with van der Waals surface area (Å²) < 4.78 is 5.63. The number of nitrogens with zero attached hydrogens (tertiary/aromatic N) is 1. The van der Waals surface area contributed by atoms with E-state index >= 15 is 0 Å². The number of aryl methyl sites for hydroxylation is 1. The predicted molar refractivity (Wildman–Crippen MR) is 109 cm³/mol. The van der Waals surface area contributed by atoms with Crippen LogP contribution in [-0.4, -0.2) is 24.2 Å². The average Bonchev–Trinajstić information content (AvgIpc) is 2.68. The first kappa shape index (κ1) is 18.4. The van der Waals surface area contributed by atoms with E-state index < -0.39 is 0 Å². The lowest BCUT2D eigenvalue weighted by Crippen LogP contribution is -2.45. The van der Waals surface area contributed by atoms with Crippen molar-refractivity contribution in [2.75, 3.05) is 18.1 Å². The third-order valence-corrected chi connectivity index (χ3v) is 4.78. The van der Waals surface area contributed by atoms with E-state index in [0.717, 1.165) is 43.7 Å². The maximum Gasteiger partial charge on any atom is 0.257 e. The van der Waals surface area contributed by atoms with Crippen LogP contribution >= 0.6 is 12.2 Å². The first-order chi connectivity index (χ1) is 12.7. The van der Waals surface area contributed by atoms with E-state index in [1.807, 2.05) is 29.2 Å². The van der Waals surface area contributed by atoms with Crippen molar-refractivity contribution in [1.29, 1.82) is 0 Å². The number of carbonyl (C=O) groups is 1. The van der Waals surface area contributed by atoms with E-state index in [2.05, 4.69) is 24.4 Å². The van der Waals surface area contributed by atoms with Crippen LogP contribution < -0.4 is 15.0 Å². The zero-order valence-corrected chi connectivity index (χ0v) is 15.8. The van der Waals surface area contributed by atoms with Crippen molar-refractivity contribution in [3.8, 4) is 5.75 Å². The van der Waals surface area contributed by atoms with Crippen LogP contribution in [0.1, 0.15) is 42.1 Å². The van der Waals surface area contributed by atoms with Gasteiger partial charge in [-0.2, -0.15) is 0 Å². The van der Waals surface area contributed by atoms with E-state index in [9.17, 15) is 4.79 Å². The van der Waals surface area contributed by atoms with Gasteiger partial charge < -0.3 is 9.64 Å². The summed E-state index contributed by atoms with van der Waals surface area (Å²) in [7, 11) is 0. The molecular formula is C21H24N2O2S. The molecule has 2 aromatic carbocycles. The summed E-state index contributed by atoms with van der Waals surface area (Å²) >= 11 is 5.49. The Balaban J connectivity index is 1.62. The van der Waals surface area contributed by atoms with Crippen LogP contribution in [0, 0.1) is 0 Å². The highest BCUT2D eigenvalue weighted by atomic mass is 32.1. The summed E-state index contributed by atoms with van der Waals surface area (Å²) in [6, 6.07) is 15.4. The third kappa shape index (κ3) is 4.41. The summed E-state index contributed by atoms with van der Waals surface area (Å²) in [5.41, 5.74) is 2.92.